The molecule has 0 aliphatic rings. The highest BCUT2D eigenvalue weighted by molar-refractivity contribution is 6.99. The van der Waals surface area contributed by atoms with Crippen molar-refractivity contribution < 1.29 is 9.16 Å². The van der Waals surface area contributed by atoms with Gasteiger partial charge < -0.3 is 9.16 Å². The SMILES string of the molecule is COc1ccc2c(=O)n(CC(CO[Si](c3ccccc3)(c3ccccc3)C(C)(C)C)N=[N+]=[N-])c(C#N)c(-c3ccccc3)c2c1. The number of benzene rings is 4. The molecule has 0 amide bonds. The number of nitriles is 1. The first kappa shape index (κ1) is 31.3. The summed E-state index contributed by atoms with van der Waals surface area (Å²) < 4.78 is 13.9. The molecule has 0 bridgehead atoms. The molecule has 1 atom stereocenters. The van der Waals surface area contributed by atoms with Crippen molar-refractivity contribution in [3.8, 4) is 22.9 Å². The molecule has 0 N–H and O–H groups in total. The fraction of sp³-hybridized carbons (Fsp3) is 0.222. The Hall–Kier alpha value is -5.13. The molecule has 0 saturated heterocycles. The summed E-state index contributed by atoms with van der Waals surface area (Å²) in [7, 11) is -1.40. The molecule has 0 aliphatic heterocycles. The van der Waals surface area contributed by atoms with Crippen LogP contribution in [0.4, 0.5) is 0 Å². The average molecular weight is 614 g/mol. The minimum absolute atomic E-state index is 0.0359. The van der Waals surface area contributed by atoms with Crippen molar-refractivity contribution in [3.05, 3.63) is 136 Å². The molecule has 0 aliphatic carbocycles. The van der Waals surface area contributed by atoms with Crippen LogP contribution in [0.1, 0.15) is 26.5 Å². The van der Waals surface area contributed by atoms with E-state index in [-0.39, 0.29) is 29.4 Å². The summed E-state index contributed by atoms with van der Waals surface area (Å²) in [5.74, 6) is 0.575. The van der Waals surface area contributed by atoms with Crippen LogP contribution in [0.15, 0.2) is 119 Å². The lowest BCUT2D eigenvalue weighted by Crippen LogP contribution is -2.67. The summed E-state index contributed by atoms with van der Waals surface area (Å²) in [6, 6.07) is 36.6. The molecule has 226 valence electrons. The number of ether oxygens (including phenoxy) is 1. The predicted octanol–water partition coefficient (Wildman–Crippen LogP) is 6.80. The van der Waals surface area contributed by atoms with E-state index in [2.05, 4.69) is 61.1 Å². The highest BCUT2D eigenvalue weighted by Crippen LogP contribution is 2.37. The van der Waals surface area contributed by atoms with Crippen molar-refractivity contribution in [2.24, 2.45) is 5.11 Å². The van der Waals surface area contributed by atoms with Crippen molar-refractivity contribution in [1.29, 1.82) is 5.26 Å². The first-order valence-corrected chi connectivity index (χ1v) is 16.6. The number of fused-ring (bicyclic) bond motifs is 1. The maximum atomic E-state index is 14.0. The van der Waals surface area contributed by atoms with Gasteiger partial charge in [-0.2, -0.15) is 5.26 Å². The number of pyridine rings is 1. The van der Waals surface area contributed by atoms with Crippen molar-refractivity contribution in [2.75, 3.05) is 13.7 Å². The number of methoxy groups -OCH3 is 1. The Balaban J connectivity index is 1.65. The molecular weight excluding hydrogens is 579 g/mol. The lowest BCUT2D eigenvalue weighted by atomic mass is 9.96. The van der Waals surface area contributed by atoms with Crippen molar-refractivity contribution in [2.45, 2.75) is 38.4 Å². The van der Waals surface area contributed by atoms with Crippen LogP contribution in [0, 0.1) is 11.3 Å². The average Bonchev–Trinajstić information content (AvgIpc) is 3.06. The van der Waals surface area contributed by atoms with E-state index in [0.29, 0.717) is 22.1 Å². The second-order valence-corrected chi connectivity index (χ2v) is 16.2. The van der Waals surface area contributed by atoms with Crippen LogP contribution < -0.4 is 20.7 Å². The predicted molar refractivity (Wildman–Crippen MR) is 181 cm³/mol. The zero-order valence-corrected chi connectivity index (χ0v) is 26.8. The number of hydrogen-bond donors (Lipinski definition) is 0. The first-order valence-electron chi connectivity index (χ1n) is 14.7. The number of azide groups is 1. The monoisotopic (exact) mass is 613 g/mol. The van der Waals surface area contributed by atoms with Crippen molar-refractivity contribution >= 4 is 29.5 Å². The van der Waals surface area contributed by atoms with Crippen LogP contribution in [0.5, 0.6) is 5.75 Å². The Morgan fingerprint density at radius 2 is 1.49 bits per heavy atom. The fourth-order valence-corrected chi connectivity index (χ4v) is 10.7. The Bertz CT molecular complexity index is 1900. The minimum Gasteiger partial charge on any atom is -0.497 e. The summed E-state index contributed by atoms with van der Waals surface area (Å²) in [4.78, 5) is 17.2. The molecule has 45 heavy (non-hydrogen) atoms. The summed E-state index contributed by atoms with van der Waals surface area (Å²) in [5.41, 5.74) is 10.9. The molecule has 8 nitrogen and oxygen atoms in total. The molecule has 1 aromatic heterocycles. The van der Waals surface area contributed by atoms with E-state index in [1.807, 2.05) is 66.7 Å². The van der Waals surface area contributed by atoms with Gasteiger partial charge in [-0.1, -0.05) is 117 Å². The minimum atomic E-state index is -2.96. The lowest BCUT2D eigenvalue weighted by Gasteiger charge is -2.43. The summed E-state index contributed by atoms with van der Waals surface area (Å²) in [6.07, 6.45) is 0. The van der Waals surface area contributed by atoms with E-state index in [1.54, 1.807) is 25.3 Å². The summed E-state index contributed by atoms with van der Waals surface area (Å²) in [5, 5.41) is 17.5. The fourth-order valence-electron chi connectivity index (χ4n) is 6.13. The van der Waals surface area contributed by atoms with Gasteiger partial charge >= 0.3 is 0 Å². The smallest absolute Gasteiger partial charge is 0.261 e. The molecule has 1 heterocycles. The third-order valence-corrected chi connectivity index (χ3v) is 13.2. The van der Waals surface area contributed by atoms with E-state index in [0.717, 1.165) is 15.9 Å². The molecule has 0 saturated carbocycles. The van der Waals surface area contributed by atoms with Crippen LogP contribution in [-0.2, 0) is 11.0 Å². The topological polar surface area (TPSA) is 113 Å². The largest absolute Gasteiger partial charge is 0.497 e. The summed E-state index contributed by atoms with van der Waals surface area (Å²) >= 11 is 0. The number of rotatable bonds is 10. The van der Waals surface area contributed by atoms with Gasteiger partial charge in [-0.3, -0.25) is 9.36 Å². The highest BCUT2D eigenvalue weighted by atomic mass is 28.4. The standard InChI is InChI=1S/C36H35N5O3Si/c1-36(2,3)45(29-16-10-6-11-17-29,30-18-12-7-13-19-30)44-25-27(39-40-38)24-41-33(23-37)34(26-14-8-5-9-15-26)32-22-28(43-4)20-21-31(32)35(41)42/h5-22,27H,24-25H2,1-4H3. The molecule has 5 rings (SSSR count). The van der Waals surface area contributed by atoms with Gasteiger partial charge in [0.25, 0.3) is 13.9 Å². The molecule has 0 fully saturated rings. The maximum absolute atomic E-state index is 14.0. The van der Waals surface area contributed by atoms with E-state index < -0.39 is 14.4 Å². The number of aromatic nitrogens is 1. The normalized spacial score (nSPS) is 12.2. The Kier molecular flexibility index (Phi) is 9.21. The number of nitrogens with zero attached hydrogens (tertiary/aromatic N) is 5. The highest BCUT2D eigenvalue weighted by Gasteiger charge is 2.50. The van der Waals surface area contributed by atoms with Crippen LogP contribution in [0.2, 0.25) is 5.04 Å². The van der Waals surface area contributed by atoms with Crippen LogP contribution >= 0.6 is 0 Å². The number of hydrogen-bond acceptors (Lipinski definition) is 5. The van der Waals surface area contributed by atoms with Gasteiger partial charge in [-0.05, 0) is 44.7 Å². The third-order valence-electron chi connectivity index (χ3n) is 8.16. The summed E-state index contributed by atoms with van der Waals surface area (Å²) in [6.45, 7) is 6.53. The third kappa shape index (κ3) is 6.00. The van der Waals surface area contributed by atoms with Gasteiger partial charge in [0.2, 0.25) is 0 Å². The molecule has 0 spiro atoms. The van der Waals surface area contributed by atoms with E-state index >= 15 is 0 Å². The first-order chi connectivity index (χ1) is 21.7. The van der Waals surface area contributed by atoms with Gasteiger partial charge in [0.1, 0.15) is 17.5 Å². The molecule has 1 unspecified atom stereocenters. The van der Waals surface area contributed by atoms with Crippen LogP contribution in [0.3, 0.4) is 0 Å². The van der Waals surface area contributed by atoms with Crippen LogP contribution in [0.25, 0.3) is 32.3 Å². The maximum Gasteiger partial charge on any atom is 0.261 e. The van der Waals surface area contributed by atoms with E-state index in [4.69, 9.17) is 9.16 Å². The molecule has 5 aromatic rings. The quantitative estimate of drug-likeness (QED) is 0.0746. The molecular formula is C36H35N5O3Si. The van der Waals surface area contributed by atoms with Gasteiger partial charge in [-0.25, -0.2) is 0 Å². The zero-order valence-electron chi connectivity index (χ0n) is 25.8. The van der Waals surface area contributed by atoms with E-state index in [9.17, 15) is 15.6 Å². The van der Waals surface area contributed by atoms with Gasteiger partial charge in [0.15, 0.2) is 0 Å². The Labute approximate surface area is 263 Å². The molecule has 4 aromatic carbocycles. The lowest BCUT2D eigenvalue weighted by molar-refractivity contribution is 0.259. The second kappa shape index (κ2) is 13.2. The Morgan fingerprint density at radius 1 is 0.911 bits per heavy atom. The van der Waals surface area contributed by atoms with Crippen molar-refractivity contribution in [3.63, 3.8) is 0 Å². The van der Waals surface area contributed by atoms with Crippen molar-refractivity contribution in [1.82, 2.24) is 4.57 Å². The van der Waals surface area contributed by atoms with Gasteiger partial charge in [0.05, 0.1) is 13.2 Å². The Morgan fingerprint density at radius 3 is 2.00 bits per heavy atom. The molecule has 0 radical (unpaired) electrons. The van der Waals surface area contributed by atoms with Gasteiger partial charge in [0, 0.05) is 34.4 Å². The second-order valence-electron chi connectivity index (χ2n) is 11.9. The van der Waals surface area contributed by atoms with E-state index in [1.165, 1.54) is 4.57 Å². The van der Waals surface area contributed by atoms with Crippen LogP contribution in [-0.4, -0.2) is 32.6 Å². The zero-order chi connectivity index (χ0) is 32.0. The molecule has 9 heteroatoms. The van der Waals surface area contributed by atoms with Gasteiger partial charge in [-0.15, -0.1) is 0 Å².